The van der Waals surface area contributed by atoms with Crippen LogP contribution in [-0.4, -0.2) is 53.4 Å². The molecule has 0 bridgehead atoms. The van der Waals surface area contributed by atoms with Crippen LogP contribution in [0.15, 0.2) is 24.5 Å². The number of aryl methyl sites for hydroxylation is 1. The highest BCUT2D eigenvalue weighted by Crippen LogP contribution is 2.32. The molecule has 6 nitrogen and oxygen atoms in total. The summed E-state index contributed by atoms with van der Waals surface area (Å²) in [5, 5.41) is 3.34. The monoisotopic (exact) mass is 419 g/mol. The van der Waals surface area contributed by atoms with E-state index in [2.05, 4.69) is 34.2 Å². The number of hydrogen-bond donors (Lipinski definition) is 1. The molecule has 9 heteroatoms. The molecule has 4 heterocycles. The number of amides is 1. The van der Waals surface area contributed by atoms with Crippen LogP contribution in [0, 0.1) is 18.6 Å². The molecule has 29 heavy (non-hydrogen) atoms. The van der Waals surface area contributed by atoms with Gasteiger partial charge >= 0.3 is 0 Å². The molecular weight excluding hydrogens is 396 g/mol. The lowest BCUT2D eigenvalue weighted by Crippen LogP contribution is -2.41. The van der Waals surface area contributed by atoms with Crippen molar-refractivity contribution in [3.63, 3.8) is 0 Å². The van der Waals surface area contributed by atoms with Crippen molar-refractivity contribution in [1.82, 2.24) is 14.3 Å². The number of pyridine rings is 1. The van der Waals surface area contributed by atoms with Gasteiger partial charge in [0.05, 0.1) is 16.4 Å². The van der Waals surface area contributed by atoms with Crippen LogP contribution in [0.5, 0.6) is 0 Å². The SMILES string of the molecule is Cc1cn2cc(NC(=O)c3sc(N4CCC(N(C)C)CC4)cc3F)cc(F)c2n1. The van der Waals surface area contributed by atoms with E-state index in [1.807, 2.05) is 0 Å². The van der Waals surface area contributed by atoms with Gasteiger partial charge < -0.3 is 19.5 Å². The smallest absolute Gasteiger partial charge is 0.268 e. The highest BCUT2D eigenvalue weighted by atomic mass is 32.1. The van der Waals surface area contributed by atoms with Crippen molar-refractivity contribution >= 4 is 33.6 Å². The van der Waals surface area contributed by atoms with E-state index in [9.17, 15) is 13.6 Å². The third kappa shape index (κ3) is 3.97. The molecule has 3 aromatic rings. The van der Waals surface area contributed by atoms with Crippen molar-refractivity contribution < 1.29 is 13.6 Å². The number of aromatic nitrogens is 2. The highest BCUT2D eigenvalue weighted by Gasteiger charge is 2.25. The number of rotatable bonds is 4. The Morgan fingerprint density at radius 2 is 1.93 bits per heavy atom. The number of hydrogen-bond acceptors (Lipinski definition) is 5. The standard InChI is InChI=1S/C20H23F2N5OS/c1-12-10-27-11-13(8-16(22)19(27)23-12)24-20(28)18-15(21)9-17(29-18)26-6-4-14(5-7-26)25(2)3/h8-11,14H,4-7H2,1-3H3,(H,24,28). The van der Waals surface area contributed by atoms with Gasteiger partial charge in [-0.3, -0.25) is 4.79 Å². The highest BCUT2D eigenvalue weighted by molar-refractivity contribution is 7.18. The molecule has 1 N–H and O–H groups in total. The van der Waals surface area contributed by atoms with Gasteiger partial charge in [0.25, 0.3) is 5.91 Å². The summed E-state index contributed by atoms with van der Waals surface area (Å²) in [7, 11) is 4.14. The Morgan fingerprint density at radius 3 is 2.62 bits per heavy atom. The molecule has 154 valence electrons. The third-order valence-corrected chi connectivity index (χ3v) is 6.44. The number of carbonyl (C=O) groups is 1. The van der Waals surface area contributed by atoms with Crippen molar-refractivity contribution in [3.8, 4) is 0 Å². The lowest BCUT2D eigenvalue weighted by atomic mass is 10.0. The molecule has 0 saturated carbocycles. The molecule has 0 radical (unpaired) electrons. The van der Waals surface area contributed by atoms with Gasteiger partial charge in [-0.2, -0.15) is 0 Å². The molecule has 0 aromatic carbocycles. The Hall–Kier alpha value is -2.52. The average molecular weight is 420 g/mol. The van der Waals surface area contributed by atoms with Crippen molar-refractivity contribution in [2.75, 3.05) is 37.4 Å². The molecule has 1 fully saturated rings. The number of imidazole rings is 1. The maximum atomic E-state index is 14.5. The van der Waals surface area contributed by atoms with Gasteiger partial charge in [-0.15, -0.1) is 11.3 Å². The van der Waals surface area contributed by atoms with E-state index >= 15 is 0 Å². The first-order valence-electron chi connectivity index (χ1n) is 9.48. The van der Waals surface area contributed by atoms with E-state index < -0.39 is 17.5 Å². The van der Waals surface area contributed by atoms with Crippen LogP contribution in [0.4, 0.5) is 19.5 Å². The average Bonchev–Trinajstić information content (AvgIpc) is 3.24. The van der Waals surface area contributed by atoms with Crippen molar-refractivity contribution in [2.24, 2.45) is 0 Å². The number of halogens is 2. The predicted octanol–water partition coefficient (Wildman–Crippen LogP) is 3.77. The second-order valence-electron chi connectivity index (χ2n) is 7.59. The number of thiophene rings is 1. The van der Waals surface area contributed by atoms with Crippen molar-refractivity contribution in [3.05, 3.63) is 46.7 Å². The van der Waals surface area contributed by atoms with Gasteiger partial charge in [-0.25, -0.2) is 13.8 Å². The summed E-state index contributed by atoms with van der Waals surface area (Å²) >= 11 is 1.13. The first kappa shape index (κ1) is 19.8. The van der Waals surface area contributed by atoms with E-state index in [1.54, 1.807) is 19.3 Å². The van der Waals surface area contributed by atoms with Crippen molar-refractivity contribution in [2.45, 2.75) is 25.8 Å². The summed E-state index contributed by atoms with van der Waals surface area (Å²) in [4.78, 5) is 21.0. The van der Waals surface area contributed by atoms with Gasteiger partial charge in [0, 0.05) is 43.7 Å². The Balaban J connectivity index is 1.50. The van der Waals surface area contributed by atoms with Crippen LogP contribution in [0.2, 0.25) is 0 Å². The van der Waals surface area contributed by atoms with Crippen LogP contribution >= 0.6 is 11.3 Å². The summed E-state index contributed by atoms with van der Waals surface area (Å²) < 4.78 is 30.2. The maximum Gasteiger partial charge on any atom is 0.268 e. The molecule has 4 rings (SSSR count). The Bertz CT molecular complexity index is 1050. The van der Waals surface area contributed by atoms with Crippen LogP contribution in [0.3, 0.4) is 0 Å². The fourth-order valence-corrected chi connectivity index (χ4v) is 4.69. The van der Waals surface area contributed by atoms with Gasteiger partial charge in [0.2, 0.25) is 0 Å². The minimum absolute atomic E-state index is 0.00273. The van der Waals surface area contributed by atoms with Gasteiger partial charge in [-0.1, -0.05) is 0 Å². The summed E-state index contributed by atoms with van der Waals surface area (Å²) in [6.45, 7) is 3.41. The minimum Gasteiger partial charge on any atom is -0.363 e. The second kappa shape index (κ2) is 7.72. The summed E-state index contributed by atoms with van der Waals surface area (Å²) in [6, 6.07) is 3.13. The zero-order chi connectivity index (χ0) is 20.7. The molecule has 1 aliphatic heterocycles. The number of carbonyl (C=O) groups excluding carboxylic acids is 1. The molecule has 1 aliphatic rings. The number of nitrogens with zero attached hydrogens (tertiary/aromatic N) is 4. The van der Waals surface area contributed by atoms with Gasteiger partial charge in [0.15, 0.2) is 11.5 Å². The van der Waals surface area contributed by atoms with Crippen LogP contribution in [-0.2, 0) is 0 Å². The Morgan fingerprint density at radius 1 is 1.21 bits per heavy atom. The van der Waals surface area contributed by atoms with Gasteiger partial charge in [0.1, 0.15) is 10.7 Å². The zero-order valence-electron chi connectivity index (χ0n) is 16.6. The summed E-state index contributed by atoms with van der Waals surface area (Å²) in [5.41, 5.74) is 1.10. The van der Waals surface area contributed by atoms with E-state index in [0.29, 0.717) is 11.7 Å². The number of nitrogens with one attached hydrogen (secondary N) is 1. The first-order chi connectivity index (χ1) is 13.8. The van der Waals surface area contributed by atoms with E-state index in [0.717, 1.165) is 42.3 Å². The molecule has 3 aromatic heterocycles. The lowest BCUT2D eigenvalue weighted by molar-refractivity contribution is 0.102. The fourth-order valence-electron chi connectivity index (χ4n) is 3.71. The zero-order valence-corrected chi connectivity index (χ0v) is 17.4. The number of fused-ring (bicyclic) bond motifs is 1. The summed E-state index contributed by atoms with van der Waals surface area (Å²) in [5.74, 6) is -1.69. The summed E-state index contributed by atoms with van der Waals surface area (Å²) in [6.07, 6.45) is 5.22. The minimum atomic E-state index is -0.586. The third-order valence-electron chi connectivity index (χ3n) is 5.27. The topological polar surface area (TPSA) is 52.9 Å². The Kier molecular flexibility index (Phi) is 5.26. The van der Waals surface area contributed by atoms with Crippen LogP contribution < -0.4 is 10.2 Å². The molecule has 0 aliphatic carbocycles. The molecule has 0 unspecified atom stereocenters. The lowest BCUT2D eigenvalue weighted by Gasteiger charge is -2.35. The molecule has 1 saturated heterocycles. The number of piperidine rings is 1. The normalized spacial score (nSPS) is 15.4. The van der Waals surface area contributed by atoms with E-state index in [1.165, 1.54) is 16.5 Å². The molecule has 1 amide bonds. The fraction of sp³-hybridized carbons (Fsp3) is 0.400. The molecule has 0 spiro atoms. The van der Waals surface area contributed by atoms with Crippen LogP contribution in [0.25, 0.3) is 5.65 Å². The quantitative estimate of drug-likeness (QED) is 0.700. The van der Waals surface area contributed by atoms with Crippen molar-refractivity contribution in [1.29, 1.82) is 0 Å². The molecular formula is C20H23F2N5OS. The van der Waals surface area contributed by atoms with Crippen LogP contribution in [0.1, 0.15) is 28.2 Å². The largest absolute Gasteiger partial charge is 0.363 e. The number of anilines is 2. The van der Waals surface area contributed by atoms with E-state index in [4.69, 9.17) is 0 Å². The molecule has 0 atom stereocenters. The predicted molar refractivity (Wildman–Crippen MR) is 111 cm³/mol. The Labute approximate surface area is 171 Å². The first-order valence-corrected chi connectivity index (χ1v) is 10.3. The van der Waals surface area contributed by atoms with E-state index in [-0.39, 0.29) is 16.2 Å². The maximum absolute atomic E-state index is 14.5. The second-order valence-corrected chi connectivity index (χ2v) is 8.62. The van der Waals surface area contributed by atoms with Gasteiger partial charge in [-0.05, 0) is 33.9 Å².